The van der Waals surface area contributed by atoms with Gasteiger partial charge in [-0.1, -0.05) is 6.07 Å². The molecule has 0 aliphatic carbocycles. The fourth-order valence-electron chi connectivity index (χ4n) is 5.06. The molecule has 3 aliphatic rings. The van der Waals surface area contributed by atoms with Gasteiger partial charge in [0, 0.05) is 43.1 Å². The summed E-state index contributed by atoms with van der Waals surface area (Å²) in [4.78, 5) is 31.7. The molecular formula is C24H30N6O2. The maximum Gasteiger partial charge on any atom is 0.243 e. The molecule has 1 amide bonds. The van der Waals surface area contributed by atoms with Crippen molar-refractivity contribution in [2.45, 2.75) is 38.8 Å². The summed E-state index contributed by atoms with van der Waals surface area (Å²) in [6.07, 6.45) is 1.49. The molecule has 2 saturated heterocycles. The number of fused-ring (bicyclic) bond motifs is 1. The standard InChI is InChI=1S/C24H30N6O2/c1-16-12-17(2)28-23(27-16)29-9-6-24(7-10-29)22(31)30(11-8-26-24)15-21-20-13-19(32-3)5-4-18(20)14-25-21/h4-5,12-13,26H,6-11,14-15H2,1-3H3. The van der Waals surface area contributed by atoms with Crippen LogP contribution in [0.2, 0.25) is 0 Å². The molecule has 8 nitrogen and oxygen atoms in total. The second-order valence-corrected chi connectivity index (χ2v) is 8.96. The number of piperazine rings is 1. The van der Waals surface area contributed by atoms with Crippen molar-refractivity contribution in [1.82, 2.24) is 20.2 Å². The molecular weight excluding hydrogens is 404 g/mol. The van der Waals surface area contributed by atoms with Crippen molar-refractivity contribution in [3.05, 3.63) is 46.8 Å². The molecule has 0 atom stereocenters. The predicted molar refractivity (Wildman–Crippen MR) is 124 cm³/mol. The lowest BCUT2D eigenvalue weighted by atomic mass is 9.84. The van der Waals surface area contributed by atoms with Crippen LogP contribution in [-0.2, 0) is 11.3 Å². The van der Waals surface area contributed by atoms with Gasteiger partial charge < -0.3 is 19.9 Å². The molecule has 1 spiro atoms. The van der Waals surface area contributed by atoms with Crippen molar-refractivity contribution >= 4 is 17.6 Å². The number of aromatic nitrogens is 2. The quantitative estimate of drug-likeness (QED) is 0.791. The lowest BCUT2D eigenvalue weighted by molar-refractivity contribution is -0.141. The minimum Gasteiger partial charge on any atom is -0.497 e. The average Bonchev–Trinajstić information content (AvgIpc) is 3.19. The molecule has 0 bridgehead atoms. The van der Waals surface area contributed by atoms with Crippen LogP contribution in [0.3, 0.4) is 0 Å². The zero-order valence-electron chi connectivity index (χ0n) is 19.0. The van der Waals surface area contributed by atoms with Crippen LogP contribution in [-0.4, -0.2) is 71.9 Å². The zero-order valence-corrected chi connectivity index (χ0v) is 19.0. The Morgan fingerprint density at radius 1 is 1.09 bits per heavy atom. The molecule has 5 rings (SSSR count). The Kier molecular flexibility index (Phi) is 5.33. The number of ether oxygens (including phenoxy) is 1. The zero-order chi connectivity index (χ0) is 22.3. The van der Waals surface area contributed by atoms with Crippen LogP contribution < -0.4 is 15.0 Å². The van der Waals surface area contributed by atoms with Gasteiger partial charge in [0.2, 0.25) is 11.9 Å². The third-order valence-corrected chi connectivity index (χ3v) is 6.82. The first-order chi connectivity index (χ1) is 15.5. The van der Waals surface area contributed by atoms with Gasteiger partial charge in [0.15, 0.2) is 0 Å². The van der Waals surface area contributed by atoms with Crippen LogP contribution in [0.25, 0.3) is 0 Å². The number of rotatable bonds is 4. The molecule has 1 N–H and O–H groups in total. The van der Waals surface area contributed by atoms with Gasteiger partial charge in [-0.2, -0.15) is 0 Å². The summed E-state index contributed by atoms with van der Waals surface area (Å²) in [5.41, 5.74) is 4.71. The van der Waals surface area contributed by atoms with E-state index in [-0.39, 0.29) is 5.91 Å². The van der Waals surface area contributed by atoms with E-state index in [9.17, 15) is 4.79 Å². The second kappa shape index (κ2) is 8.16. The summed E-state index contributed by atoms with van der Waals surface area (Å²) in [6, 6.07) is 8.05. The van der Waals surface area contributed by atoms with E-state index >= 15 is 0 Å². The maximum absolute atomic E-state index is 13.6. The molecule has 2 aromatic rings. The number of amides is 1. The molecule has 3 aliphatic heterocycles. The first-order valence-corrected chi connectivity index (χ1v) is 11.3. The van der Waals surface area contributed by atoms with E-state index in [0.717, 1.165) is 66.8 Å². The molecule has 0 unspecified atom stereocenters. The van der Waals surface area contributed by atoms with E-state index in [1.165, 1.54) is 5.56 Å². The van der Waals surface area contributed by atoms with E-state index in [4.69, 9.17) is 9.73 Å². The van der Waals surface area contributed by atoms with Crippen LogP contribution in [0.5, 0.6) is 5.75 Å². The van der Waals surface area contributed by atoms with Crippen LogP contribution in [0.4, 0.5) is 5.95 Å². The SMILES string of the molecule is COc1ccc2c(c1)C(CN1CCNC3(CCN(c4nc(C)cc(C)n4)CC3)C1=O)=NC2. The Morgan fingerprint density at radius 3 is 2.56 bits per heavy atom. The number of anilines is 1. The van der Waals surface area contributed by atoms with Crippen LogP contribution in [0.15, 0.2) is 29.3 Å². The highest BCUT2D eigenvalue weighted by molar-refractivity contribution is 6.07. The van der Waals surface area contributed by atoms with Crippen molar-refractivity contribution in [3.63, 3.8) is 0 Å². The van der Waals surface area contributed by atoms with Gasteiger partial charge in [-0.05, 0) is 50.5 Å². The summed E-state index contributed by atoms with van der Waals surface area (Å²) in [6.45, 7) is 8.22. The third kappa shape index (κ3) is 3.72. The van der Waals surface area contributed by atoms with Crippen LogP contribution in [0.1, 0.15) is 35.4 Å². The monoisotopic (exact) mass is 434 g/mol. The van der Waals surface area contributed by atoms with Gasteiger partial charge in [-0.15, -0.1) is 0 Å². The van der Waals surface area contributed by atoms with E-state index in [1.807, 2.05) is 36.9 Å². The average molecular weight is 435 g/mol. The number of aliphatic imine (C=N–C) groups is 1. The number of hydrogen-bond donors (Lipinski definition) is 1. The van der Waals surface area contributed by atoms with E-state index in [0.29, 0.717) is 19.6 Å². The number of methoxy groups -OCH3 is 1. The minimum atomic E-state index is -0.510. The fraction of sp³-hybridized carbons (Fsp3) is 0.500. The number of nitrogens with one attached hydrogen (secondary N) is 1. The van der Waals surface area contributed by atoms with Gasteiger partial charge in [0.25, 0.3) is 0 Å². The van der Waals surface area contributed by atoms with Crippen molar-refractivity contribution in [3.8, 4) is 5.75 Å². The minimum absolute atomic E-state index is 0.184. The molecule has 32 heavy (non-hydrogen) atoms. The van der Waals surface area contributed by atoms with E-state index in [2.05, 4.69) is 26.3 Å². The molecule has 168 valence electrons. The highest BCUT2D eigenvalue weighted by atomic mass is 16.5. The number of nitrogens with zero attached hydrogens (tertiary/aromatic N) is 5. The summed E-state index contributed by atoms with van der Waals surface area (Å²) in [7, 11) is 1.67. The van der Waals surface area contributed by atoms with E-state index in [1.54, 1.807) is 7.11 Å². The van der Waals surface area contributed by atoms with Crippen LogP contribution >= 0.6 is 0 Å². The number of benzene rings is 1. The second-order valence-electron chi connectivity index (χ2n) is 8.96. The highest BCUT2D eigenvalue weighted by Gasteiger charge is 2.46. The Bertz CT molecular complexity index is 1050. The number of carbonyl (C=O) groups is 1. The van der Waals surface area contributed by atoms with Crippen molar-refractivity contribution < 1.29 is 9.53 Å². The lowest BCUT2D eigenvalue weighted by Crippen LogP contribution is -2.68. The smallest absolute Gasteiger partial charge is 0.243 e. The third-order valence-electron chi connectivity index (χ3n) is 6.82. The Morgan fingerprint density at radius 2 is 1.84 bits per heavy atom. The van der Waals surface area contributed by atoms with Gasteiger partial charge in [-0.3, -0.25) is 9.79 Å². The highest BCUT2D eigenvalue weighted by Crippen LogP contribution is 2.30. The Hall–Kier alpha value is -3.00. The number of hydrogen-bond acceptors (Lipinski definition) is 7. The van der Waals surface area contributed by atoms with Gasteiger partial charge in [0.1, 0.15) is 11.3 Å². The van der Waals surface area contributed by atoms with Crippen molar-refractivity contribution in [1.29, 1.82) is 0 Å². The van der Waals surface area contributed by atoms with Crippen LogP contribution in [0, 0.1) is 13.8 Å². The number of piperidine rings is 1. The first-order valence-electron chi connectivity index (χ1n) is 11.3. The van der Waals surface area contributed by atoms with Gasteiger partial charge >= 0.3 is 0 Å². The molecule has 8 heteroatoms. The van der Waals surface area contributed by atoms with Crippen molar-refractivity contribution in [2.24, 2.45) is 4.99 Å². The summed E-state index contributed by atoms with van der Waals surface area (Å²) < 4.78 is 5.39. The Balaban J connectivity index is 1.29. The largest absolute Gasteiger partial charge is 0.497 e. The lowest BCUT2D eigenvalue weighted by Gasteiger charge is -2.47. The normalized spacial score (nSPS) is 19.8. The number of carbonyl (C=O) groups excluding carboxylic acids is 1. The molecule has 2 fully saturated rings. The summed E-state index contributed by atoms with van der Waals surface area (Å²) in [5.74, 6) is 1.77. The first kappa shape index (κ1) is 20.9. The van der Waals surface area contributed by atoms with Gasteiger partial charge in [0.05, 0.1) is 25.9 Å². The van der Waals surface area contributed by atoms with Crippen molar-refractivity contribution in [2.75, 3.05) is 44.7 Å². The Labute approximate surface area is 188 Å². The molecule has 0 saturated carbocycles. The molecule has 1 aromatic heterocycles. The van der Waals surface area contributed by atoms with Gasteiger partial charge in [-0.25, -0.2) is 9.97 Å². The van der Waals surface area contributed by atoms with E-state index < -0.39 is 5.54 Å². The molecule has 1 aromatic carbocycles. The summed E-state index contributed by atoms with van der Waals surface area (Å²) in [5, 5.41) is 3.55. The fourth-order valence-corrected chi connectivity index (χ4v) is 5.06. The molecule has 0 radical (unpaired) electrons. The maximum atomic E-state index is 13.6. The predicted octanol–water partition coefficient (Wildman–Crippen LogP) is 1.88. The number of aryl methyl sites for hydroxylation is 2. The summed E-state index contributed by atoms with van der Waals surface area (Å²) >= 11 is 0. The molecule has 4 heterocycles. The topological polar surface area (TPSA) is 83.0 Å².